The molecule has 4 rings (SSSR count). The number of ether oxygens (including phenoxy) is 1. The molecule has 0 saturated carbocycles. The molecule has 1 aromatic carbocycles. The number of quaternary nitrogens is 1. The second-order valence-corrected chi connectivity index (χ2v) is 7.70. The summed E-state index contributed by atoms with van der Waals surface area (Å²) in [5.41, 5.74) is 3.15. The number of nitrogens with zero attached hydrogens (tertiary/aromatic N) is 2. The molecule has 0 spiro atoms. The highest BCUT2D eigenvalue weighted by Crippen LogP contribution is 2.38. The molecule has 1 amide bonds. The van der Waals surface area contributed by atoms with Crippen LogP contribution in [0.25, 0.3) is 0 Å². The van der Waals surface area contributed by atoms with Crippen LogP contribution in [-0.4, -0.2) is 36.8 Å². The van der Waals surface area contributed by atoms with Crippen molar-refractivity contribution in [2.75, 3.05) is 25.0 Å². The van der Waals surface area contributed by atoms with Gasteiger partial charge < -0.3 is 9.15 Å². The van der Waals surface area contributed by atoms with Crippen LogP contribution in [0.3, 0.4) is 0 Å². The fourth-order valence-corrected chi connectivity index (χ4v) is 4.61. The first kappa shape index (κ1) is 18.1. The minimum Gasteiger partial charge on any atom is -0.469 e. The predicted octanol–water partition coefficient (Wildman–Crippen LogP) is 4.70. The van der Waals surface area contributed by atoms with Crippen LogP contribution in [0.2, 0.25) is 0 Å². The molecular formula is C21H28N3O3+. The van der Waals surface area contributed by atoms with E-state index in [1.807, 2.05) is 13.0 Å². The Labute approximate surface area is 160 Å². The Morgan fingerprint density at radius 2 is 2.07 bits per heavy atom. The summed E-state index contributed by atoms with van der Waals surface area (Å²) in [7, 11) is 0. The Morgan fingerprint density at radius 1 is 1.26 bits per heavy atom. The molecule has 6 nitrogen and oxygen atoms in total. The van der Waals surface area contributed by atoms with Crippen LogP contribution in [0.5, 0.6) is 5.75 Å². The third-order valence-corrected chi connectivity index (χ3v) is 5.95. The van der Waals surface area contributed by atoms with Gasteiger partial charge in [-0.2, -0.15) is 0 Å². The first-order chi connectivity index (χ1) is 13.1. The van der Waals surface area contributed by atoms with E-state index in [2.05, 4.69) is 29.4 Å². The molecule has 2 aromatic rings. The van der Waals surface area contributed by atoms with Gasteiger partial charge in [0, 0.05) is 43.3 Å². The molecule has 3 heterocycles. The standard InChI is InChI=1S/C21H27N3O3/c1-16-14-18(24(11-3-4-12-24)23-10-5-6-17(23)2)7-8-20(16)22-21(25)27-19-9-13-26-15-19/h7-9,13-15,17H,3-6,10-12H2,1-2H3/p+1/t17-/m0/s1. The molecule has 144 valence electrons. The molecule has 2 fully saturated rings. The lowest BCUT2D eigenvalue weighted by Crippen LogP contribution is -2.61. The first-order valence-electron chi connectivity index (χ1n) is 9.85. The largest absolute Gasteiger partial charge is 0.469 e. The van der Waals surface area contributed by atoms with Crippen molar-refractivity contribution in [2.24, 2.45) is 0 Å². The summed E-state index contributed by atoms with van der Waals surface area (Å²) in [6.07, 6.45) is 7.44. The van der Waals surface area contributed by atoms with Crippen molar-refractivity contribution in [2.45, 2.75) is 45.6 Å². The Balaban J connectivity index is 1.54. The van der Waals surface area contributed by atoms with Crippen molar-refractivity contribution in [3.63, 3.8) is 0 Å². The van der Waals surface area contributed by atoms with Gasteiger partial charge in [-0.05, 0) is 38.3 Å². The van der Waals surface area contributed by atoms with Crippen molar-refractivity contribution < 1.29 is 13.9 Å². The van der Waals surface area contributed by atoms with Crippen LogP contribution in [-0.2, 0) is 0 Å². The summed E-state index contributed by atoms with van der Waals surface area (Å²) in [5.74, 6) is 0.395. The van der Waals surface area contributed by atoms with Crippen molar-refractivity contribution in [1.82, 2.24) is 9.60 Å². The Morgan fingerprint density at radius 3 is 2.70 bits per heavy atom. The van der Waals surface area contributed by atoms with Crippen LogP contribution in [0.4, 0.5) is 16.2 Å². The zero-order valence-electron chi connectivity index (χ0n) is 16.1. The van der Waals surface area contributed by atoms with E-state index in [1.165, 1.54) is 57.0 Å². The summed E-state index contributed by atoms with van der Waals surface area (Å²) < 4.78 is 11.1. The minimum atomic E-state index is -0.509. The maximum Gasteiger partial charge on any atom is 0.417 e. The quantitative estimate of drug-likeness (QED) is 0.793. The Bertz CT molecular complexity index is 797. The summed E-state index contributed by atoms with van der Waals surface area (Å²) in [6.45, 7) is 7.88. The number of hydrogen-bond acceptors (Lipinski definition) is 4. The fourth-order valence-electron chi connectivity index (χ4n) is 4.61. The Hall–Kier alpha value is -2.31. The van der Waals surface area contributed by atoms with Gasteiger partial charge in [0.15, 0.2) is 11.4 Å². The summed E-state index contributed by atoms with van der Waals surface area (Å²) >= 11 is 0. The number of amides is 1. The van der Waals surface area contributed by atoms with Gasteiger partial charge in [0.1, 0.15) is 19.4 Å². The zero-order valence-corrected chi connectivity index (χ0v) is 16.1. The Kier molecular flexibility index (Phi) is 4.93. The molecule has 2 saturated heterocycles. The van der Waals surface area contributed by atoms with Gasteiger partial charge in [0.05, 0.1) is 12.3 Å². The second-order valence-electron chi connectivity index (χ2n) is 7.70. The number of furan rings is 1. The summed E-state index contributed by atoms with van der Waals surface area (Å²) in [4.78, 5) is 12.1. The minimum absolute atomic E-state index is 0.395. The molecule has 27 heavy (non-hydrogen) atoms. The van der Waals surface area contributed by atoms with E-state index in [1.54, 1.807) is 6.07 Å². The normalized spacial score (nSPS) is 22.1. The first-order valence-corrected chi connectivity index (χ1v) is 9.85. The van der Waals surface area contributed by atoms with Gasteiger partial charge in [0.25, 0.3) is 0 Å². The van der Waals surface area contributed by atoms with Crippen LogP contribution >= 0.6 is 0 Å². The van der Waals surface area contributed by atoms with E-state index in [9.17, 15) is 4.79 Å². The smallest absolute Gasteiger partial charge is 0.417 e. The van der Waals surface area contributed by atoms with E-state index in [0.717, 1.165) is 22.4 Å². The van der Waals surface area contributed by atoms with Crippen LogP contribution in [0.1, 0.15) is 38.2 Å². The van der Waals surface area contributed by atoms with Gasteiger partial charge in [-0.1, -0.05) is 0 Å². The zero-order chi connectivity index (χ0) is 18.9. The van der Waals surface area contributed by atoms with E-state index in [-0.39, 0.29) is 0 Å². The van der Waals surface area contributed by atoms with E-state index in [0.29, 0.717) is 11.8 Å². The van der Waals surface area contributed by atoms with E-state index in [4.69, 9.17) is 9.15 Å². The number of anilines is 1. The average Bonchev–Trinajstić information content (AvgIpc) is 3.38. The van der Waals surface area contributed by atoms with Gasteiger partial charge in [-0.3, -0.25) is 5.32 Å². The van der Waals surface area contributed by atoms with Crippen LogP contribution < -0.4 is 14.6 Å². The lowest BCUT2D eigenvalue weighted by molar-refractivity contribution is -0.00237. The van der Waals surface area contributed by atoms with E-state index >= 15 is 0 Å². The average molecular weight is 370 g/mol. The molecule has 2 aliphatic heterocycles. The van der Waals surface area contributed by atoms with Crippen LogP contribution in [0.15, 0.2) is 41.2 Å². The number of carbonyl (C=O) groups is 1. The van der Waals surface area contributed by atoms with Crippen molar-refractivity contribution in [1.29, 1.82) is 0 Å². The topological polar surface area (TPSA) is 54.7 Å². The number of nitrogens with one attached hydrogen (secondary N) is 1. The molecule has 1 N–H and O–H groups in total. The predicted molar refractivity (Wildman–Crippen MR) is 106 cm³/mol. The molecule has 2 aliphatic rings. The van der Waals surface area contributed by atoms with Gasteiger partial charge >= 0.3 is 6.09 Å². The maximum absolute atomic E-state index is 12.1. The molecule has 0 radical (unpaired) electrons. The van der Waals surface area contributed by atoms with Gasteiger partial charge in [0.2, 0.25) is 0 Å². The lowest BCUT2D eigenvalue weighted by Gasteiger charge is -2.43. The second kappa shape index (κ2) is 7.37. The molecule has 0 unspecified atom stereocenters. The monoisotopic (exact) mass is 370 g/mol. The molecule has 1 atom stereocenters. The SMILES string of the molecule is Cc1cc([N+]2(N3CCC[C@@H]3C)CCCC2)ccc1NC(=O)Oc1ccoc1. The summed E-state index contributed by atoms with van der Waals surface area (Å²) in [5, 5.41) is 5.50. The highest BCUT2D eigenvalue weighted by atomic mass is 16.6. The number of rotatable bonds is 4. The molecule has 0 aliphatic carbocycles. The van der Waals surface area contributed by atoms with Gasteiger partial charge in [-0.15, -0.1) is 5.01 Å². The van der Waals surface area contributed by atoms with Crippen molar-refractivity contribution in [3.05, 3.63) is 42.4 Å². The van der Waals surface area contributed by atoms with Crippen molar-refractivity contribution in [3.8, 4) is 5.75 Å². The third kappa shape index (κ3) is 3.47. The molecule has 0 bridgehead atoms. The van der Waals surface area contributed by atoms with E-state index < -0.39 is 6.09 Å². The highest BCUT2D eigenvalue weighted by molar-refractivity contribution is 5.87. The maximum atomic E-state index is 12.1. The third-order valence-electron chi connectivity index (χ3n) is 5.95. The number of benzene rings is 1. The molecular weight excluding hydrogens is 342 g/mol. The number of aryl methyl sites for hydroxylation is 1. The molecule has 1 aromatic heterocycles. The lowest BCUT2D eigenvalue weighted by atomic mass is 10.1. The number of hydrogen-bond donors (Lipinski definition) is 1. The van der Waals surface area contributed by atoms with Crippen molar-refractivity contribution >= 4 is 17.5 Å². The molecule has 6 heteroatoms. The van der Waals surface area contributed by atoms with Crippen LogP contribution in [0, 0.1) is 6.92 Å². The number of carbonyl (C=O) groups excluding carboxylic acids is 1. The highest BCUT2D eigenvalue weighted by Gasteiger charge is 2.45. The fraction of sp³-hybridized carbons (Fsp3) is 0.476. The summed E-state index contributed by atoms with van der Waals surface area (Å²) in [6, 6.07) is 8.61. The van der Waals surface area contributed by atoms with Gasteiger partial charge in [-0.25, -0.2) is 9.39 Å².